The van der Waals surface area contributed by atoms with E-state index >= 15 is 0 Å². The van der Waals surface area contributed by atoms with Crippen LogP contribution in [0.2, 0.25) is 0 Å². The lowest BCUT2D eigenvalue weighted by Gasteiger charge is -2.08. The standard InChI is InChI=1S/C20H17FN4O/c21-17-7-3-14(4-8-17)11-22-19-9-10-20-23-12-18(25(20)24-19)16-5-1-15(13-26)2-6-16/h1-10,12,26H,11,13H2,(H,22,24). The monoisotopic (exact) mass is 348 g/mol. The van der Waals surface area contributed by atoms with Crippen molar-refractivity contribution in [2.24, 2.45) is 0 Å². The Morgan fingerprint density at radius 3 is 2.38 bits per heavy atom. The summed E-state index contributed by atoms with van der Waals surface area (Å²) in [6.45, 7) is 0.567. The van der Waals surface area contributed by atoms with Gasteiger partial charge in [0.05, 0.1) is 18.5 Å². The van der Waals surface area contributed by atoms with Crippen LogP contribution in [0.4, 0.5) is 10.2 Å². The number of aliphatic hydroxyl groups is 1. The fraction of sp³-hybridized carbons (Fsp3) is 0.100. The second kappa shape index (κ2) is 6.93. The maximum Gasteiger partial charge on any atom is 0.154 e. The summed E-state index contributed by atoms with van der Waals surface area (Å²) in [5, 5.41) is 17.0. The van der Waals surface area contributed by atoms with Crippen LogP contribution in [0.1, 0.15) is 11.1 Å². The molecule has 2 heterocycles. The molecule has 5 nitrogen and oxygen atoms in total. The van der Waals surface area contributed by atoms with Crippen molar-refractivity contribution in [3.05, 3.63) is 83.8 Å². The molecule has 0 atom stereocenters. The van der Waals surface area contributed by atoms with Gasteiger partial charge in [0.25, 0.3) is 0 Å². The number of aliphatic hydroxyl groups excluding tert-OH is 1. The van der Waals surface area contributed by atoms with Crippen molar-refractivity contribution in [2.75, 3.05) is 5.32 Å². The van der Waals surface area contributed by atoms with Crippen molar-refractivity contribution < 1.29 is 9.50 Å². The molecule has 0 radical (unpaired) electrons. The van der Waals surface area contributed by atoms with Gasteiger partial charge < -0.3 is 10.4 Å². The van der Waals surface area contributed by atoms with Gasteiger partial charge in [-0.1, -0.05) is 36.4 Å². The lowest BCUT2D eigenvalue weighted by atomic mass is 10.1. The maximum absolute atomic E-state index is 13.0. The van der Waals surface area contributed by atoms with Gasteiger partial charge in [0, 0.05) is 12.1 Å². The molecule has 6 heteroatoms. The number of fused-ring (bicyclic) bond motifs is 1. The van der Waals surface area contributed by atoms with Crippen molar-refractivity contribution in [1.29, 1.82) is 0 Å². The van der Waals surface area contributed by atoms with Crippen LogP contribution in [0.15, 0.2) is 66.9 Å². The molecule has 2 aromatic carbocycles. The highest BCUT2D eigenvalue weighted by atomic mass is 19.1. The predicted molar refractivity (Wildman–Crippen MR) is 98.1 cm³/mol. The molecule has 4 aromatic rings. The van der Waals surface area contributed by atoms with E-state index in [1.54, 1.807) is 22.8 Å². The van der Waals surface area contributed by atoms with E-state index in [1.165, 1.54) is 12.1 Å². The zero-order valence-electron chi connectivity index (χ0n) is 13.9. The molecule has 0 unspecified atom stereocenters. The molecule has 0 saturated heterocycles. The molecule has 2 aromatic heterocycles. The number of anilines is 1. The first-order valence-corrected chi connectivity index (χ1v) is 8.26. The summed E-state index contributed by atoms with van der Waals surface area (Å²) in [5.41, 5.74) is 4.42. The summed E-state index contributed by atoms with van der Waals surface area (Å²) in [4.78, 5) is 4.39. The van der Waals surface area contributed by atoms with E-state index in [2.05, 4.69) is 15.4 Å². The average Bonchev–Trinajstić information content (AvgIpc) is 3.11. The van der Waals surface area contributed by atoms with Gasteiger partial charge in [0.2, 0.25) is 0 Å². The number of nitrogens with one attached hydrogen (secondary N) is 1. The highest BCUT2D eigenvalue weighted by Gasteiger charge is 2.08. The van der Waals surface area contributed by atoms with Gasteiger partial charge in [-0.15, -0.1) is 5.10 Å². The van der Waals surface area contributed by atoms with Crippen LogP contribution >= 0.6 is 0 Å². The highest BCUT2D eigenvalue weighted by molar-refractivity contribution is 5.63. The Morgan fingerprint density at radius 1 is 0.923 bits per heavy atom. The first-order chi connectivity index (χ1) is 12.7. The lowest BCUT2D eigenvalue weighted by Crippen LogP contribution is -2.04. The molecule has 26 heavy (non-hydrogen) atoms. The van der Waals surface area contributed by atoms with Gasteiger partial charge in [-0.3, -0.25) is 0 Å². The first kappa shape index (κ1) is 16.2. The molecule has 0 bridgehead atoms. The molecule has 0 fully saturated rings. The van der Waals surface area contributed by atoms with E-state index in [-0.39, 0.29) is 12.4 Å². The second-order valence-electron chi connectivity index (χ2n) is 5.97. The summed E-state index contributed by atoms with van der Waals surface area (Å²) >= 11 is 0. The van der Waals surface area contributed by atoms with Crippen LogP contribution in [0, 0.1) is 5.82 Å². The number of hydrogen-bond acceptors (Lipinski definition) is 4. The van der Waals surface area contributed by atoms with E-state index in [1.807, 2.05) is 36.4 Å². The second-order valence-corrected chi connectivity index (χ2v) is 5.97. The summed E-state index contributed by atoms with van der Waals surface area (Å²) in [7, 11) is 0. The number of aromatic nitrogens is 3. The Bertz CT molecular complexity index is 1030. The Kier molecular flexibility index (Phi) is 4.33. The van der Waals surface area contributed by atoms with Crippen LogP contribution in [0.3, 0.4) is 0 Å². The van der Waals surface area contributed by atoms with Crippen molar-refractivity contribution in [1.82, 2.24) is 14.6 Å². The number of imidazole rings is 1. The number of hydrogen-bond donors (Lipinski definition) is 2. The minimum Gasteiger partial charge on any atom is -0.392 e. The minimum atomic E-state index is -0.247. The SMILES string of the molecule is OCc1ccc(-c2cnc3ccc(NCc4ccc(F)cc4)nn23)cc1. The third-order valence-corrected chi connectivity index (χ3v) is 4.18. The summed E-state index contributed by atoms with van der Waals surface area (Å²) < 4.78 is 14.8. The highest BCUT2D eigenvalue weighted by Crippen LogP contribution is 2.21. The van der Waals surface area contributed by atoms with Crippen LogP contribution in [-0.2, 0) is 13.2 Å². The molecule has 0 aliphatic rings. The van der Waals surface area contributed by atoms with Crippen molar-refractivity contribution in [3.63, 3.8) is 0 Å². The summed E-state index contributed by atoms with van der Waals surface area (Å²) in [6.07, 6.45) is 1.78. The first-order valence-electron chi connectivity index (χ1n) is 8.26. The van der Waals surface area contributed by atoms with Crippen LogP contribution in [0.25, 0.3) is 16.9 Å². The van der Waals surface area contributed by atoms with Gasteiger partial charge in [0.1, 0.15) is 11.6 Å². The van der Waals surface area contributed by atoms with Crippen molar-refractivity contribution in [3.8, 4) is 11.3 Å². The quantitative estimate of drug-likeness (QED) is 0.578. The lowest BCUT2D eigenvalue weighted by molar-refractivity contribution is 0.282. The zero-order valence-corrected chi connectivity index (χ0v) is 13.9. The molecule has 0 aliphatic carbocycles. The van der Waals surface area contributed by atoms with Crippen molar-refractivity contribution >= 4 is 11.5 Å². The Morgan fingerprint density at radius 2 is 1.65 bits per heavy atom. The van der Waals surface area contributed by atoms with Gasteiger partial charge in [-0.05, 0) is 35.4 Å². The summed E-state index contributed by atoms with van der Waals surface area (Å²) in [5.74, 6) is 0.455. The third-order valence-electron chi connectivity index (χ3n) is 4.18. The Balaban J connectivity index is 1.60. The topological polar surface area (TPSA) is 62.5 Å². The van der Waals surface area contributed by atoms with Crippen LogP contribution in [-0.4, -0.2) is 19.7 Å². The molecule has 0 aliphatic heterocycles. The van der Waals surface area contributed by atoms with Crippen LogP contribution < -0.4 is 5.32 Å². The number of rotatable bonds is 5. The number of nitrogens with zero attached hydrogens (tertiary/aromatic N) is 3. The molecular weight excluding hydrogens is 331 g/mol. The molecule has 2 N–H and O–H groups in total. The third kappa shape index (κ3) is 3.27. The van der Waals surface area contributed by atoms with Gasteiger partial charge in [-0.25, -0.2) is 13.9 Å². The molecule has 0 saturated carbocycles. The zero-order chi connectivity index (χ0) is 17.9. The average molecular weight is 348 g/mol. The van der Waals surface area contributed by atoms with Gasteiger partial charge in [-0.2, -0.15) is 0 Å². The van der Waals surface area contributed by atoms with E-state index in [4.69, 9.17) is 0 Å². The Labute approximate surface area is 149 Å². The van der Waals surface area contributed by atoms with E-state index in [9.17, 15) is 9.50 Å². The smallest absolute Gasteiger partial charge is 0.154 e. The van der Waals surface area contributed by atoms with Crippen LogP contribution in [0.5, 0.6) is 0 Å². The van der Waals surface area contributed by atoms with E-state index in [0.29, 0.717) is 12.4 Å². The normalized spacial score (nSPS) is 11.0. The molecule has 4 rings (SSSR count). The molecular formula is C20H17FN4O. The van der Waals surface area contributed by atoms with Gasteiger partial charge >= 0.3 is 0 Å². The summed E-state index contributed by atoms with van der Waals surface area (Å²) in [6, 6.07) is 17.8. The number of halogens is 1. The number of benzene rings is 2. The maximum atomic E-state index is 13.0. The fourth-order valence-electron chi connectivity index (χ4n) is 2.74. The predicted octanol–water partition coefficient (Wildman–Crippen LogP) is 3.64. The van der Waals surface area contributed by atoms with E-state index in [0.717, 1.165) is 28.0 Å². The fourth-order valence-corrected chi connectivity index (χ4v) is 2.74. The van der Waals surface area contributed by atoms with Gasteiger partial charge in [0.15, 0.2) is 5.65 Å². The Hall–Kier alpha value is -3.25. The molecule has 0 spiro atoms. The van der Waals surface area contributed by atoms with E-state index < -0.39 is 0 Å². The minimum absolute atomic E-state index is 0.0170. The largest absolute Gasteiger partial charge is 0.392 e. The molecule has 0 amide bonds. The molecule has 130 valence electrons. The van der Waals surface area contributed by atoms with Crippen molar-refractivity contribution in [2.45, 2.75) is 13.2 Å².